The van der Waals surface area contributed by atoms with Crippen LogP contribution in [0.2, 0.25) is 0 Å². The molecule has 2 aromatic rings. The summed E-state index contributed by atoms with van der Waals surface area (Å²) < 4.78 is 6.57. The number of thioether (sulfide) groups is 1. The number of hydrogen-bond donors (Lipinski definition) is 2. The Balaban J connectivity index is 1.97. The summed E-state index contributed by atoms with van der Waals surface area (Å²) in [5, 5.41) is 8.01. The third-order valence-electron chi connectivity index (χ3n) is 4.45. The summed E-state index contributed by atoms with van der Waals surface area (Å²) in [5.74, 6) is -0.269. The number of aromatic nitrogens is 3. The third-order valence-corrected chi connectivity index (χ3v) is 5.26. The molecule has 0 bridgehead atoms. The van der Waals surface area contributed by atoms with Crippen molar-refractivity contribution < 1.29 is 14.3 Å². The van der Waals surface area contributed by atoms with Crippen LogP contribution in [0.1, 0.15) is 25.5 Å². The van der Waals surface area contributed by atoms with Crippen LogP contribution in [0.4, 0.5) is 11.6 Å². The molecule has 0 spiro atoms. The minimum Gasteiger partial charge on any atom is -0.465 e. The van der Waals surface area contributed by atoms with E-state index in [9.17, 15) is 9.59 Å². The number of primary amides is 1. The van der Waals surface area contributed by atoms with Crippen LogP contribution in [0.5, 0.6) is 0 Å². The zero-order chi connectivity index (χ0) is 21.1. The molecule has 3 rings (SSSR count). The molecule has 0 saturated heterocycles. The van der Waals surface area contributed by atoms with Crippen molar-refractivity contribution in [1.82, 2.24) is 14.8 Å². The van der Waals surface area contributed by atoms with E-state index in [2.05, 4.69) is 15.4 Å². The molecule has 0 fully saturated rings. The van der Waals surface area contributed by atoms with Gasteiger partial charge in [-0.3, -0.25) is 9.59 Å². The van der Waals surface area contributed by atoms with Gasteiger partial charge in [0, 0.05) is 25.5 Å². The summed E-state index contributed by atoms with van der Waals surface area (Å²) in [6.45, 7) is 3.86. The van der Waals surface area contributed by atoms with E-state index in [0.717, 1.165) is 11.3 Å². The third kappa shape index (κ3) is 4.37. The number of carbonyl (C=O) groups excluding carboxylic acids is 2. The van der Waals surface area contributed by atoms with Crippen molar-refractivity contribution in [1.29, 1.82) is 0 Å². The second-order valence-electron chi connectivity index (χ2n) is 6.67. The number of nitrogens with two attached hydrogens (primary N) is 1. The first-order valence-corrected chi connectivity index (χ1v) is 10.1. The molecule has 0 radical (unpaired) electrons. The largest absolute Gasteiger partial charge is 0.465 e. The van der Waals surface area contributed by atoms with Crippen molar-refractivity contribution in [2.24, 2.45) is 5.73 Å². The molecule has 29 heavy (non-hydrogen) atoms. The Labute approximate surface area is 173 Å². The number of carbonyl (C=O) groups is 2. The zero-order valence-electron chi connectivity index (χ0n) is 16.8. The Kier molecular flexibility index (Phi) is 6.12. The fourth-order valence-corrected chi connectivity index (χ4v) is 3.73. The molecule has 3 N–H and O–H groups in total. The van der Waals surface area contributed by atoms with Crippen LogP contribution in [0.15, 0.2) is 40.7 Å². The Morgan fingerprint density at radius 2 is 2.00 bits per heavy atom. The van der Waals surface area contributed by atoms with E-state index < -0.39 is 11.9 Å². The lowest BCUT2D eigenvalue weighted by atomic mass is 9.95. The van der Waals surface area contributed by atoms with Gasteiger partial charge in [0.05, 0.1) is 17.9 Å². The fourth-order valence-electron chi connectivity index (χ4n) is 3.10. The summed E-state index contributed by atoms with van der Waals surface area (Å²) in [4.78, 5) is 30.3. The van der Waals surface area contributed by atoms with Gasteiger partial charge in [0.25, 0.3) is 0 Å². The van der Waals surface area contributed by atoms with E-state index in [4.69, 9.17) is 10.5 Å². The topological polar surface area (TPSA) is 115 Å². The second kappa shape index (κ2) is 8.56. The van der Waals surface area contributed by atoms with E-state index in [1.807, 2.05) is 43.3 Å². The van der Waals surface area contributed by atoms with Gasteiger partial charge in [-0.25, -0.2) is 4.68 Å². The lowest BCUT2D eigenvalue weighted by Crippen LogP contribution is -2.31. The number of hydrogen-bond acceptors (Lipinski definition) is 8. The summed E-state index contributed by atoms with van der Waals surface area (Å²) in [7, 11) is 3.92. The van der Waals surface area contributed by atoms with Gasteiger partial charge < -0.3 is 20.7 Å². The molecule has 1 amide bonds. The number of anilines is 2. The Morgan fingerprint density at radius 1 is 1.31 bits per heavy atom. The number of fused-ring (bicyclic) bond motifs is 1. The molecule has 1 unspecified atom stereocenters. The molecule has 1 atom stereocenters. The molecular formula is C19H24N6O3S. The van der Waals surface area contributed by atoms with Gasteiger partial charge >= 0.3 is 5.97 Å². The van der Waals surface area contributed by atoms with Crippen molar-refractivity contribution in [3.05, 3.63) is 41.1 Å². The Hall–Kier alpha value is -3.01. The van der Waals surface area contributed by atoms with Gasteiger partial charge in [-0.05, 0) is 31.5 Å². The van der Waals surface area contributed by atoms with Gasteiger partial charge in [-0.15, -0.1) is 5.10 Å². The number of rotatable bonds is 7. The molecule has 2 heterocycles. The maximum Gasteiger partial charge on any atom is 0.316 e. The van der Waals surface area contributed by atoms with Crippen molar-refractivity contribution in [2.45, 2.75) is 25.0 Å². The number of ether oxygens (including phenoxy) is 1. The highest BCUT2D eigenvalue weighted by molar-refractivity contribution is 7.99. The van der Waals surface area contributed by atoms with Gasteiger partial charge in [0.1, 0.15) is 6.04 Å². The number of allylic oxidation sites excluding steroid dienone is 1. The van der Waals surface area contributed by atoms with Crippen LogP contribution >= 0.6 is 11.8 Å². The number of nitrogens with one attached hydrogen (secondary N) is 1. The highest BCUT2D eigenvalue weighted by Crippen LogP contribution is 2.36. The van der Waals surface area contributed by atoms with Crippen molar-refractivity contribution in [3.8, 4) is 0 Å². The van der Waals surface area contributed by atoms with Crippen LogP contribution in [-0.2, 0) is 14.3 Å². The predicted octanol–water partition coefficient (Wildman–Crippen LogP) is 1.77. The summed E-state index contributed by atoms with van der Waals surface area (Å²) in [5.41, 5.74) is 8.63. The van der Waals surface area contributed by atoms with Crippen LogP contribution in [0.25, 0.3) is 0 Å². The quantitative estimate of drug-likeness (QED) is 0.518. The van der Waals surface area contributed by atoms with Crippen LogP contribution in [0.3, 0.4) is 0 Å². The van der Waals surface area contributed by atoms with Crippen LogP contribution < -0.4 is 16.0 Å². The zero-order valence-corrected chi connectivity index (χ0v) is 17.6. The first-order valence-electron chi connectivity index (χ1n) is 9.11. The fraction of sp³-hybridized carbons (Fsp3) is 0.368. The second-order valence-corrected chi connectivity index (χ2v) is 7.62. The number of amides is 1. The van der Waals surface area contributed by atoms with Crippen molar-refractivity contribution in [2.75, 3.05) is 36.7 Å². The number of esters is 1. The first-order chi connectivity index (χ1) is 13.8. The van der Waals surface area contributed by atoms with Crippen LogP contribution in [-0.4, -0.2) is 53.1 Å². The van der Waals surface area contributed by atoms with E-state index in [1.165, 1.54) is 11.8 Å². The Bertz CT molecular complexity index is 951. The van der Waals surface area contributed by atoms with Crippen molar-refractivity contribution >= 4 is 35.3 Å². The van der Waals surface area contributed by atoms with Gasteiger partial charge in [0.15, 0.2) is 0 Å². The SMILES string of the molecule is CCOC(=O)CSc1nc2n(n1)C(c1ccc(N(C)C)cc1)C(C(N)=O)=C(C)N2. The maximum atomic E-state index is 12.2. The molecule has 0 aliphatic carbocycles. The predicted molar refractivity (Wildman–Crippen MR) is 112 cm³/mol. The van der Waals surface area contributed by atoms with E-state index in [-0.39, 0.29) is 11.7 Å². The van der Waals surface area contributed by atoms with Gasteiger partial charge in [-0.1, -0.05) is 23.9 Å². The minimum absolute atomic E-state index is 0.106. The highest BCUT2D eigenvalue weighted by Gasteiger charge is 2.33. The maximum absolute atomic E-state index is 12.2. The molecule has 1 aliphatic heterocycles. The van der Waals surface area contributed by atoms with E-state index >= 15 is 0 Å². The summed E-state index contributed by atoms with van der Waals surface area (Å²) in [6.07, 6.45) is 0. The first kappa shape index (κ1) is 20.7. The molecule has 10 heteroatoms. The van der Waals surface area contributed by atoms with Crippen molar-refractivity contribution in [3.63, 3.8) is 0 Å². The van der Waals surface area contributed by atoms with E-state index in [0.29, 0.717) is 29.0 Å². The molecule has 1 aromatic heterocycles. The average molecular weight is 417 g/mol. The normalized spacial score (nSPS) is 15.5. The lowest BCUT2D eigenvalue weighted by Gasteiger charge is -2.28. The van der Waals surface area contributed by atoms with Gasteiger partial charge in [-0.2, -0.15) is 4.98 Å². The van der Waals surface area contributed by atoms with E-state index in [1.54, 1.807) is 18.5 Å². The highest BCUT2D eigenvalue weighted by atomic mass is 32.2. The molecule has 9 nitrogen and oxygen atoms in total. The smallest absolute Gasteiger partial charge is 0.316 e. The monoisotopic (exact) mass is 416 g/mol. The lowest BCUT2D eigenvalue weighted by molar-refractivity contribution is -0.139. The summed E-state index contributed by atoms with van der Waals surface area (Å²) >= 11 is 1.18. The molecule has 154 valence electrons. The molecule has 1 aliphatic rings. The molecule has 1 aromatic carbocycles. The minimum atomic E-state index is -0.529. The average Bonchev–Trinajstić information content (AvgIpc) is 3.07. The molecular weight excluding hydrogens is 392 g/mol. The number of nitrogens with zero attached hydrogens (tertiary/aromatic N) is 4. The standard InChI is InChI=1S/C19H24N6O3S/c1-5-28-14(26)10-29-19-22-18-21-11(2)15(17(20)27)16(25(18)23-19)12-6-8-13(9-7-12)24(3)4/h6-9,16H,5,10H2,1-4H3,(H2,20,27)(H,21,22,23). The molecule has 0 saturated carbocycles. The number of benzene rings is 1. The van der Waals surface area contributed by atoms with Gasteiger partial charge in [0.2, 0.25) is 17.0 Å². The van der Waals surface area contributed by atoms with Crippen LogP contribution in [0, 0.1) is 0 Å². The Morgan fingerprint density at radius 3 is 2.59 bits per heavy atom. The summed E-state index contributed by atoms with van der Waals surface area (Å²) in [6, 6.07) is 7.32.